The third-order valence-electron chi connectivity index (χ3n) is 7.36. The monoisotopic (exact) mass is 517 g/mol. The van der Waals surface area contributed by atoms with E-state index in [1.165, 1.54) is 26.8 Å². The number of aromatic nitrogens is 2. The number of rotatable bonds is 6. The Kier molecular flexibility index (Phi) is 5.87. The molecule has 0 saturated carbocycles. The molecular weight excluding hydrogens is 490 g/mol. The fourth-order valence-corrected chi connectivity index (χ4v) is 5.30. The van der Waals surface area contributed by atoms with Crippen LogP contribution < -0.4 is 10.1 Å². The Morgan fingerprint density at radius 2 is 1.87 bits per heavy atom. The third kappa shape index (κ3) is 3.44. The second kappa shape index (κ2) is 8.84. The number of hydrogen-bond acceptors (Lipinski definition) is 9. The van der Waals surface area contributed by atoms with Gasteiger partial charge >= 0.3 is 0 Å². The van der Waals surface area contributed by atoms with Gasteiger partial charge in [-0.2, -0.15) is 0 Å². The van der Waals surface area contributed by atoms with E-state index in [9.17, 15) is 29.7 Å². The van der Waals surface area contributed by atoms with Crippen LogP contribution in [-0.2, 0) is 28.2 Å². The summed E-state index contributed by atoms with van der Waals surface area (Å²) in [5.41, 5.74) is 0.201. The zero-order valence-corrected chi connectivity index (χ0v) is 21.4. The Morgan fingerprint density at radius 3 is 2.55 bits per heavy atom. The van der Waals surface area contributed by atoms with Gasteiger partial charge in [0.15, 0.2) is 17.3 Å². The molecule has 2 aliphatic rings. The molecule has 4 N–H and O–H groups in total. The van der Waals surface area contributed by atoms with Crippen LogP contribution in [0.2, 0.25) is 0 Å². The maximum absolute atomic E-state index is 13.9. The molecule has 1 aliphatic carbocycles. The van der Waals surface area contributed by atoms with Crippen molar-refractivity contribution < 1.29 is 34.4 Å². The average molecular weight is 518 g/mol. The first kappa shape index (κ1) is 25.2. The van der Waals surface area contributed by atoms with Crippen LogP contribution in [0.4, 0.5) is 0 Å². The summed E-state index contributed by atoms with van der Waals surface area (Å²) in [6.07, 6.45) is 1.19. The van der Waals surface area contributed by atoms with Gasteiger partial charge < -0.3 is 29.9 Å². The summed E-state index contributed by atoms with van der Waals surface area (Å²) in [5.74, 6) is -2.12. The van der Waals surface area contributed by atoms with Crippen LogP contribution >= 0.6 is 0 Å². The standard InChI is InChI=1S/C28H27N3O7/c1-13-24(35)22(15(3)33)26-23(25(13)36)28(4)19(38-26)11-18(34)21(27(28)37)14(2)29-9-10-31-17-8-6-5-7-16(17)30-20(31)12-32/h5-8,11,29,32,35-36H,9-10,12H2,1-4H3/b21-14+/t28-/m0/s1. The maximum Gasteiger partial charge on any atom is 0.194 e. The number of nitrogens with zero attached hydrogens (tertiary/aromatic N) is 2. The predicted octanol–water partition coefficient (Wildman–Crippen LogP) is 2.70. The molecule has 0 bridgehead atoms. The number of allylic oxidation sites excluding steroid dienone is 4. The van der Waals surface area contributed by atoms with E-state index in [-0.39, 0.29) is 46.1 Å². The van der Waals surface area contributed by atoms with Gasteiger partial charge in [0, 0.05) is 30.4 Å². The molecule has 1 atom stereocenters. The molecule has 0 spiro atoms. The number of Topliss-reactive ketones (excluding diaryl/α,β-unsaturated/α-hetero) is 2. The smallest absolute Gasteiger partial charge is 0.194 e. The SMILES string of the molecule is CC(=O)c1c(O)c(C)c(O)c2c1OC1=CC(=O)/C(=C(/C)NCCn3c(CO)nc4ccccc43)C(=O)[C@@]12C. The van der Waals surface area contributed by atoms with E-state index in [1.807, 2.05) is 28.8 Å². The van der Waals surface area contributed by atoms with Crippen molar-refractivity contribution in [2.45, 2.75) is 46.3 Å². The zero-order chi connectivity index (χ0) is 27.5. The minimum Gasteiger partial charge on any atom is -0.507 e. The van der Waals surface area contributed by atoms with Crippen molar-refractivity contribution in [3.05, 3.63) is 69.9 Å². The van der Waals surface area contributed by atoms with E-state index in [0.29, 0.717) is 24.6 Å². The molecule has 38 heavy (non-hydrogen) atoms. The Bertz CT molecular complexity index is 1630. The fourth-order valence-electron chi connectivity index (χ4n) is 5.30. The number of hydrogen-bond donors (Lipinski definition) is 4. The molecule has 196 valence electrons. The van der Waals surface area contributed by atoms with Crippen LogP contribution in [0, 0.1) is 6.92 Å². The minimum atomic E-state index is -1.57. The molecule has 2 heterocycles. The number of carbonyl (C=O) groups is 3. The number of aliphatic hydroxyl groups excluding tert-OH is 1. The fraction of sp³-hybridized carbons (Fsp3) is 0.286. The lowest BCUT2D eigenvalue weighted by molar-refractivity contribution is -0.123. The molecule has 2 aromatic carbocycles. The molecule has 0 unspecified atom stereocenters. The average Bonchev–Trinajstić information content (AvgIpc) is 3.38. The number of para-hydroxylation sites is 2. The van der Waals surface area contributed by atoms with Crippen LogP contribution in [0.1, 0.15) is 48.1 Å². The first-order chi connectivity index (χ1) is 18.0. The van der Waals surface area contributed by atoms with Crippen LogP contribution in [0.5, 0.6) is 17.2 Å². The van der Waals surface area contributed by atoms with Crippen molar-refractivity contribution in [2.24, 2.45) is 0 Å². The molecule has 3 aromatic rings. The molecule has 10 heteroatoms. The molecular formula is C28H27N3O7. The van der Waals surface area contributed by atoms with Gasteiger partial charge in [-0.05, 0) is 39.8 Å². The Labute approximate surface area is 217 Å². The number of phenols is 2. The number of ketones is 3. The summed E-state index contributed by atoms with van der Waals surface area (Å²) >= 11 is 0. The van der Waals surface area contributed by atoms with E-state index in [2.05, 4.69) is 10.3 Å². The lowest BCUT2D eigenvalue weighted by atomic mass is 9.70. The van der Waals surface area contributed by atoms with Gasteiger partial charge in [0.1, 0.15) is 46.4 Å². The molecule has 0 saturated heterocycles. The molecule has 1 aromatic heterocycles. The highest BCUT2D eigenvalue weighted by atomic mass is 16.5. The van der Waals surface area contributed by atoms with Crippen molar-refractivity contribution in [3.8, 4) is 17.2 Å². The van der Waals surface area contributed by atoms with E-state index < -0.39 is 28.5 Å². The first-order valence-electron chi connectivity index (χ1n) is 12.1. The number of fused-ring (bicyclic) bond motifs is 4. The van der Waals surface area contributed by atoms with Crippen molar-refractivity contribution in [1.29, 1.82) is 0 Å². The quantitative estimate of drug-likeness (QED) is 0.220. The van der Waals surface area contributed by atoms with E-state index in [1.54, 1.807) is 6.92 Å². The summed E-state index contributed by atoms with van der Waals surface area (Å²) < 4.78 is 7.65. The predicted molar refractivity (Wildman–Crippen MR) is 137 cm³/mol. The van der Waals surface area contributed by atoms with Crippen LogP contribution in [0.25, 0.3) is 11.0 Å². The highest BCUT2D eigenvalue weighted by molar-refractivity contribution is 6.31. The number of aliphatic hydroxyl groups is 1. The highest BCUT2D eigenvalue weighted by Gasteiger charge is 2.56. The zero-order valence-electron chi connectivity index (χ0n) is 21.4. The van der Waals surface area contributed by atoms with Gasteiger partial charge in [-0.3, -0.25) is 14.4 Å². The lowest BCUT2D eigenvalue weighted by Gasteiger charge is -2.29. The third-order valence-corrected chi connectivity index (χ3v) is 7.36. The topological polar surface area (TPSA) is 151 Å². The highest BCUT2D eigenvalue weighted by Crippen LogP contribution is 2.57. The van der Waals surface area contributed by atoms with Crippen molar-refractivity contribution in [2.75, 3.05) is 6.54 Å². The van der Waals surface area contributed by atoms with E-state index in [4.69, 9.17) is 4.74 Å². The van der Waals surface area contributed by atoms with Crippen molar-refractivity contribution in [3.63, 3.8) is 0 Å². The Morgan fingerprint density at radius 1 is 1.16 bits per heavy atom. The number of carbonyl (C=O) groups excluding carboxylic acids is 3. The summed E-state index contributed by atoms with van der Waals surface area (Å²) in [6, 6.07) is 7.49. The number of nitrogens with one attached hydrogen (secondary N) is 1. The van der Waals surface area contributed by atoms with Gasteiger partial charge in [-0.15, -0.1) is 0 Å². The second-order valence-corrected chi connectivity index (χ2v) is 9.64. The number of aromatic hydroxyl groups is 2. The normalized spacial score (nSPS) is 19.7. The van der Waals surface area contributed by atoms with Gasteiger partial charge in [0.2, 0.25) is 0 Å². The van der Waals surface area contributed by atoms with Gasteiger partial charge in [-0.25, -0.2) is 4.98 Å². The number of phenolic OH excluding ortho intramolecular Hbond substituents is 2. The Balaban J connectivity index is 1.51. The molecule has 5 rings (SSSR count). The summed E-state index contributed by atoms with van der Waals surface area (Å²) in [5, 5.41) is 34.3. The van der Waals surface area contributed by atoms with Crippen LogP contribution in [0.3, 0.4) is 0 Å². The number of benzene rings is 2. The maximum atomic E-state index is 13.9. The summed E-state index contributed by atoms with van der Waals surface area (Å²) in [6.45, 7) is 6.32. The van der Waals surface area contributed by atoms with E-state index in [0.717, 1.165) is 11.0 Å². The van der Waals surface area contributed by atoms with Crippen molar-refractivity contribution in [1.82, 2.24) is 14.9 Å². The molecule has 10 nitrogen and oxygen atoms in total. The van der Waals surface area contributed by atoms with Crippen LogP contribution in [0.15, 0.2) is 47.4 Å². The summed E-state index contributed by atoms with van der Waals surface area (Å²) in [7, 11) is 0. The largest absolute Gasteiger partial charge is 0.507 e. The molecule has 1 aliphatic heterocycles. The first-order valence-corrected chi connectivity index (χ1v) is 12.1. The molecule has 0 fully saturated rings. The van der Waals surface area contributed by atoms with Gasteiger partial charge in [0.05, 0.1) is 22.2 Å². The van der Waals surface area contributed by atoms with Gasteiger partial charge in [0.25, 0.3) is 0 Å². The second-order valence-electron chi connectivity index (χ2n) is 9.64. The minimum absolute atomic E-state index is 0.0145. The Hall–Kier alpha value is -4.44. The van der Waals surface area contributed by atoms with E-state index >= 15 is 0 Å². The lowest BCUT2D eigenvalue weighted by Crippen LogP contribution is -2.41. The van der Waals surface area contributed by atoms with Crippen molar-refractivity contribution >= 4 is 28.4 Å². The number of imidazole rings is 1. The summed E-state index contributed by atoms with van der Waals surface area (Å²) in [4.78, 5) is 43.7. The van der Waals surface area contributed by atoms with Gasteiger partial charge in [-0.1, -0.05) is 12.1 Å². The molecule has 0 radical (unpaired) electrons. The number of ether oxygens (including phenoxy) is 1. The van der Waals surface area contributed by atoms with Crippen LogP contribution in [-0.4, -0.2) is 48.8 Å². The molecule has 0 amide bonds.